The maximum atomic E-state index is 4.66. The molecular formula is C35H23N3. The molecule has 0 N–H and O–H groups in total. The van der Waals surface area contributed by atoms with Gasteiger partial charge in [-0.1, -0.05) is 78.9 Å². The fourth-order valence-corrected chi connectivity index (χ4v) is 5.36. The van der Waals surface area contributed by atoms with Gasteiger partial charge in [0.2, 0.25) is 0 Å². The van der Waals surface area contributed by atoms with E-state index in [-0.39, 0.29) is 0 Å². The number of nitrogens with zero attached hydrogens (tertiary/aromatic N) is 3. The van der Waals surface area contributed by atoms with E-state index in [1.54, 1.807) is 0 Å². The van der Waals surface area contributed by atoms with Crippen molar-refractivity contribution in [1.29, 1.82) is 0 Å². The van der Waals surface area contributed by atoms with Crippen LogP contribution < -0.4 is 0 Å². The normalized spacial score (nSPS) is 11.2. The number of hydrogen-bond acceptors (Lipinski definition) is 3. The molecule has 38 heavy (non-hydrogen) atoms. The highest BCUT2D eigenvalue weighted by Crippen LogP contribution is 2.44. The summed E-state index contributed by atoms with van der Waals surface area (Å²) >= 11 is 0. The molecular weight excluding hydrogens is 462 g/mol. The molecule has 0 radical (unpaired) electrons. The second kappa shape index (κ2) is 9.38. The standard InChI is InChI=1S/C35H23N3/c1-3-9-30-28(7-1)34(26-14-12-24(13-15-26)32-11-5-6-19-37-32)29-8-2-4-10-31(29)35(30)27-18-22-38-33(23-27)25-16-20-36-21-17-25/h1-23H. The predicted molar refractivity (Wildman–Crippen MR) is 157 cm³/mol. The number of rotatable bonds is 4. The van der Waals surface area contributed by atoms with E-state index in [0.29, 0.717) is 0 Å². The van der Waals surface area contributed by atoms with Gasteiger partial charge in [-0.05, 0) is 80.2 Å². The van der Waals surface area contributed by atoms with Crippen molar-refractivity contribution in [3.8, 4) is 44.8 Å². The van der Waals surface area contributed by atoms with Crippen molar-refractivity contribution in [3.63, 3.8) is 0 Å². The van der Waals surface area contributed by atoms with Crippen molar-refractivity contribution in [1.82, 2.24) is 15.0 Å². The summed E-state index contributed by atoms with van der Waals surface area (Å²) in [4.78, 5) is 13.3. The lowest BCUT2D eigenvalue weighted by molar-refractivity contribution is 1.29. The average molecular weight is 486 g/mol. The molecule has 3 aromatic heterocycles. The smallest absolute Gasteiger partial charge is 0.0709 e. The van der Waals surface area contributed by atoms with Gasteiger partial charge < -0.3 is 0 Å². The number of fused-ring (bicyclic) bond motifs is 2. The largest absolute Gasteiger partial charge is 0.265 e. The molecule has 7 aromatic rings. The summed E-state index contributed by atoms with van der Waals surface area (Å²) in [6, 6.07) is 40.5. The molecule has 0 saturated heterocycles. The quantitative estimate of drug-likeness (QED) is 0.234. The number of hydrogen-bond donors (Lipinski definition) is 0. The van der Waals surface area contributed by atoms with Crippen LogP contribution in [0, 0.1) is 0 Å². The van der Waals surface area contributed by atoms with Gasteiger partial charge in [-0.2, -0.15) is 0 Å². The maximum Gasteiger partial charge on any atom is 0.0709 e. The first-order chi connectivity index (χ1) is 18.9. The topological polar surface area (TPSA) is 38.7 Å². The van der Waals surface area contributed by atoms with E-state index >= 15 is 0 Å². The molecule has 0 aliphatic rings. The Bertz CT molecular complexity index is 1840. The summed E-state index contributed by atoms with van der Waals surface area (Å²) < 4.78 is 0. The van der Waals surface area contributed by atoms with Crippen molar-refractivity contribution in [3.05, 3.63) is 140 Å². The summed E-state index contributed by atoms with van der Waals surface area (Å²) in [6.45, 7) is 0. The minimum absolute atomic E-state index is 0.937. The molecule has 0 aliphatic carbocycles. The Balaban J connectivity index is 1.47. The van der Waals surface area contributed by atoms with E-state index in [9.17, 15) is 0 Å². The van der Waals surface area contributed by atoms with Gasteiger partial charge in [0.25, 0.3) is 0 Å². The lowest BCUT2D eigenvalue weighted by atomic mass is 9.86. The van der Waals surface area contributed by atoms with E-state index < -0.39 is 0 Å². The summed E-state index contributed by atoms with van der Waals surface area (Å²) in [7, 11) is 0. The Morgan fingerprint density at radius 1 is 0.342 bits per heavy atom. The summed E-state index contributed by atoms with van der Waals surface area (Å²) in [6.07, 6.45) is 7.35. The van der Waals surface area contributed by atoms with E-state index in [0.717, 1.165) is 28.1 Å². The lowest BCUT2D eigenvalue weighted by Crippen LogP contribution is -1.92. The van der Waals surface area contributed by atoms with Gasteiger partial charge in [-0.3, -0.25) is 15.0 Å². The fraction of sp³-hybridized carbons (Fsp3) is 0. The van der Waals surface area contributed by atoms with Crippen molar-refractivity contribution in [2.45, 2.75) is 0 Å². The maximum absolute atomic E-state index is 4.66. The molecule has 3 heterocycles. The van der Waals surface area contributed by atoms with Crippen molar-refractivity contribution in [2.24, 2.45) is 0 Å². The number of aromatic nitrogens is 3. The van der Waals surface area contributed by atoms with E-state index in [1.165, 1.54) is 38.2 Å². The van der Waals surface area contributed by atoms with E-state index in [1.807, 2.05) is 55.1 Å². The number of pyridine rings is 3. The van der Waals surface area contributed by atoms with Gasteiger partial charge in [0, 0.05) is 35.9 Å². The Morgan fingerprint density at radius 2 is 0.842 bits per heavy atom. The molecule has 3 nitrogen and oxygen atoms in total. The Morgan fingerprint density at radius 3 is 1.45 bits per heavy atom. The monoisotopic (exact) mass is 485 g/mol. The summed E-state index contributed by atoms with van der Waals surface area (Å²) in [5.41, 5.74) is 8.89. The van der Waals surface area contributed by atoms with E-state index in [4.69, 9.17) is 0 Å². The minimum Gasteiger partial charge on any atom is -0.265 e. The number of benzene rings is 4. The Hall–Kier alpha value is -5.15. The highest BCUT2D eigenvalue weighted by Gasteiger charge is 2.17. The van der Waals surface area contributed by atoms with Gasteiger partial charge in [0.05, 0.1) is 11.4 Å². The highest BCUT2D eigenvalue weighted by molar-refractivity contribution is 6.21. The fourth-order valence-electron chi connectivity index (χ4n) is 5.36. The molecule has 0 spiro atoms. The van der Waals surface area contributed by atoms with Crippen LogP contribution in [0.15, 0.2) is 140 Å². The lowest BCUT2D eigenvalue weighted by Gasteiger charge is -2.18. The van der Waals surface area contributed by atoms with Crippen molar-refractivity contribution >= 4 is 21.5 Å². The van der Waals surface area contributed by atoms with Gasteiger partial charge in [-0.15, -0.1) is 0 Å². The molecule has 0 amide bonds. The van der Waals surface area contributed by atoms with Crippen LogP contribution in [0.25, 0.3) is 66.3 Å². The van der Waals surface area contributed by atoms with Crippen LogP contribution in [0.4, 0.5) is 0 Å². The molecule has 3 heteroatoms. The SMILES string of the molecule is c1ccc(-c2ccc(-c3c4ccccc4c(-c4ccnc(-c5ccncc5)c4)c4ccccc34)cc2)nc1. The Kier molecular flexibility index (Phi) is 5.45. The molecule has 0 fully saturated rings. The second-order valence-electron chi connectivity index (χ2n) is 9.30. The molecule has 0 atom stereocenters. The molecule has 0 unspecified atom stereocenters. The van der Waals surface area contributed by atoms with Crippen LogP contribution in [0.2, 0.25) is 0 Å². The van der Waals surface area contributed by atoms with Gasteiger partial charge >= 0.3 is 0 Å². The zero-order valence-corrected chi connectivity index (χ0v) is 20.6. The van der Waals surface area contributed by atoms with Gasteiger partial charge in [0.1, 0.15) is 0 Å². The minimum atomic E-state index is 0.937. The summed E-state index contributed by atoms with van der Waals surface area (Å²) in [5, 5.41) is 4.91. The summed E-state index contributed by atoms with van der Waals surface area (Å²) in [5.74, 6) is 0. The molecule has 4 aromatic carbocycles. The molecule has 0 saturated carbocycles. The van der Waals surface area contributed by atoms with Crippen LogP contribution in [-0.2, 0) is 0 Å². The van der Waals surface area contributed by atoms with Gasteiger partial charge in [-0.25, -0.2) is 0 Å². The van der Waals surface area contributed by atoms with Crippen LogP contribution in [0.3, 0.4) is 0 Å². The molecule has 178 valence electrons. The van der Waals surface area contributed by atoms with Gasteiger partial charge in [0.15, 0.2) is 0 Å². The first-order valence-corrected chi connectivity index (χ1v) is 12.7. The Labute approximate surface area is 221 Å². The molecule has 7 rings (SSSR count). The second-order valence-corrected chi connectivity index (χ2v) is 9.30. The van der Waals surface area contributed by atoms with Crippen LogP contribution in [0.1, 0.15) is 0 Å². The van der Waals surface area contributed by atoms with Crippen LogP contribution in [0.5, 0.6) is 0 Å². The molecule has 0 bridgehead atoms. The third-order valence-corrected chi connectivity index (χ3v) is 7.09. The highest BCUT2D eigenvalue weighted by atomic mass is 14.7. The third kappa shape index (κ3) is 3.82. The van der Waals surface area contributed by atoms with E-state index in [2.05, 4.69) is 99.9 Å². The van der Waals surface area contributed by atoms with Crippen LogP contribution >= 0.6 is 0 Å². The zero-order chi connectivity index (χ0) is 25.3. The first-order valence-electron chi connectivity index (χ1n) is 12.7. The van der Waals surface area contributed by atoms with Crippen molar-refractivity contribution in [2.75, 3.05) is 0 Å². The van der Waals surface area contributed by atoms with Crippen molar-refractivity contribution < 1.29 is 0 Å². The predicted octanol–water partition coefficient (Wildman–Crippen LogP) is 8.85. The third-order valence-electron chi connectivity index (χ3n) is 7.09. The first kappa shape index (κ1) is 22.1. The van der Waals surface area contributed by atoms with Crippen LogP contribution in [-0.4, -0.2) is 15.0 Å². The average Bonchev–Trinajstić information content (AvgIpc) is 3.01. The molecule has 0 aliphatic heterocycles. The zero-order valence-electron chi connectivity index (χ0n) is 20.6.